The molecular weight excluding hydrogens is 546 g/mol. The average Bonchev–Trinajstić information content (AvgIpc) is 2.92. The molecule has 0 spiro atoms. The second-order valence-electron chi connectivity index (χ2n) is 10.0. The van der Waals surface area contributed by atoms with E-state index >= 15 is 0 Å². The summed E-state index contributed by atoms with van der Waals surface area (Å²) in [7, 11) is -3.52. The number of sulfonamides is 1. The van der Waals surface area contributed by atoms with E-state index in [1.54, 1.807) is 6.07 Å². The lowest BCUT2D eigenvalue weighted by Gasteiger charge is -2.18. The van der Waals surface area contributed by atoms with E-state index < -0.39 is 16.1 Å². The molecular formula is C30H47N3O5S2. The molecule has 0 heterocycles. The van der Waals surface area contributed by atoms with Crippen LogP contribution in [0.5, 0.6) is 5.75 Å². The van der Waals surface area contributed by atoms with E-state index in [0.717, 1.165) is 57.1 Å². The van der Waals surface area contributed by atoms with Gasteiger partial charge in [0.05, 0.1) is 18.0 Å². The first-order valence-electron chi connectivity index (χ1n) is 14.3. The van der Waals surface area contributed by atoms with E-state index in [1.807, 2.05) is 42.6 Å². The van der Waals surface area contributed by atoms with Crippen LogP contribution in [-0.4, -0.2) is 73.4 Å². The number of nitrogens with one attached hydrogen (secondary N) is 2. The van der Waals surface area contributed by atoms with Crippen LogP contribution in [0.1, 0.15) is 80.0 Å². The largest absolute Gasteiger partial charge is 0.506 e. The van der Waals surface area contributed by atoms with Crippen molar-refractivity contribution in [3.8, 4) is 5.75 Å². The van der Waals surface area contributed by atoms with Crippen LogP contribution in [0.2, 0.25) is 0 Å². The standard InChI is InChI=1S/C30H47N3O5S2/c1-4-33(5-2)30(36)25-15-13-24(14-16-25)12-8-11-21-39-20-10-7-6-9-19-31-23-29(35)26-17-18-28(34)27(22-26)32-40(3,37)38/h13-18,22,29,31-32,34-35H,4-12,19-21,23H2,1-3H3. The lowest BCUT2D eigenvalue weighted by atomic mass is 10.1. The minimum atomic E-state index is -3.52. The zero-order chi connectivity index (χ0) is 29.4. The van der Waals surface area contributed by atoms with Crippen LogP contribution in [-0.2, 0) is 16.4 Å². The Hall–Kier alpha value is -2.27. The number of aryl methyl sites for hydroxylation is 1. The molecule has 0 aliphatic rings. The van der Waals surface area contributed by atoms with Gasteiger partial charge in [0.15, 0.2) is 0 Å². The molecule has 0 bridgehead atoms. The SMILES string of the molecule is CCN(CC)C(=O)c1ccc(CCCCSCCCCCCNCC(O)c2ccc(O)c(NS(C)(=O)=O)c2)cc1. The molecule has 0 saturated heterocycles. The van der Waals surface area contributed by atoms with E-state index in [4.69, 9.17) is 0 Å². The van der Waals surface area contributed by atoms with Gasteiger partial charge in [0, 0.05) is 25.2 Å². The number of thioether (sulfide) groups is 1. The fourth-order valence-corrected chi connectivity index (χ4v) is 5.93. The van der Waals surface area contributed by atoms with Crippen molar-refractivity contribution in [1.82, 2.24) is 10.2 Å². The predicted molar refractivity (Wildman–Crippen MR) is 167 cm³/mol. The topological polar surface area (TPSA) is 119 Å². The predicted octanol–water partition coefficient (Wildman–Crippen LogP) is 5.19. The monoisotopic (exact) mass is 593 g/mol. The number of phenolic OH excluding ortho intramolecular Hbond substituents is 1. The van der Waals surface area contributed by atoms with Gasteiger partial charge in [0.25, 0.3) is 5.91 Å². The van der Waals surface area contributed by atoms with Crippen LogP contribution in [0.3, 0.4) is 0 Å². The molecule has 0 aliphatic carbocycles. The number of nitrogens with zero attached hydrogens (tertiary/aromatic N) is 1. The second kappa shape index (κ2) is 18.2. The van der Waals surface area contributed by atoms with Gasteiger partial charge < -0.3 is 20.4 Å². The molecule has 2 aromatic carbocycles. The van der Waals surface area contributed by atoms with E-state index in [2.05, 4.69) is 22.2 Å². The molecule has 0 aromatic heterocycles. The Bertz CT molecular complexity index is 1120. The molecule has 1 unspecified atom stereocenters. The first-order chi connectivity index (χ1) is 19.1. The number of carbonyl (C=O) groups is 1. The number of anilines is 1. The van der Waals surface area contributed by atoms with Crippen LogP contribution in [0.25, 0.3) is 0 Å². The normalized spacial score (nSPS) is 12.3. The van der Waals surface area contributed by atoms with Crippen molar-refractivity contribution in [1.29, 1.82) is 0 Å². The Morgan fingerprint density at radius 3 is 2.25 bits per heavy atom. The smallest absolute Gasteiger partial charge is 0.253 e. The molecule has 2 aromatic rings. The maximum atomic E-state index is 12.4. The summed E-state index contributed by atoms with van der Waals surface area (Å²) in [5, 5.41) is 23.5. The van der Waals surface area contributed by atoms with Gasteiger partial charge >= 0.3 is 0 Å². The summed E-state index contributed by atoms with van der Waals surface area (Å²) < 4.78 is 25.1. The molecule has 0 aliphatic heterocycles. The van der Waals surface area contributed by atoms with Gasteiger partial charge in [-0.3, -0.25) is 9.52 Å². The molecule has 0 radical (unpaired) electrons. The highest BCUT2D eigenvalue weighted by atomic mass is 32.2. The van der Waals surface area contributed by atoms with Gasteiger partial charge in [0.2, 0.25) is 10.0 Å². The maximum Gasteiger partial charge on any atom is 0.253 e. The lowest BCUT2D eigenvalue weighted by Crippen LogP contribution is -2.30. The van der Waals surface area contributed by atoms with Gasteiger partial charge in [0.1, 0.15) is 5.75 Å². The molecule has 1 atom stereocenters. The van der Waals surface area contributed by atoms with Crippen molar-refractivity contribution in [3.63, 3.8) is 0 Å². The van der Waals surface area contributed by atoms with Gasteiger partial charge in [-0.25, -0.2) is 8.42 Å². The van der Waals surface area contributed by atoms with Gasteiger partial charge in [-0.2, -0.15) is 11.8 Å². The Kier molecular flexibility index (Phi) is 15.5. The van der Waals surface area contributed by atoms with E-state index in [1.165, 1.54) is 48.5 Å². The van der Waals surface area contributed by atoms with Crippen molar-refractivity contribution in [3.05, 3.63) is 59.2 Å². The van der Waals surface area contributed by atoms with Crippen molar-refractivity contribution < 1.29 is 23.4 Å². The number of carbonyl (C=O) groups excluding carboxylic acids is 1. The maximum absolute atomic E-state index is 12.4. The molecule has 0 saturated carbocycles. The third-order valence-corrected chi connectivity index (χ3v) is 8.43. The highest BCUT2D eigenvalue weighted by Crippen LogP contribution is 2.27. The number of benzene rings is 2. The molecule has 2 rings (SSSR count). The van der Waals surface area contributed by atoms with Crippen LogP contribution in [0.4, 0.5) is 5.69 Å². The van der Waals surface area contributed by atoms with Gasteiger partial charge in [-0.05, 0) is 99.4 Å². The number of aliphatic hydroxyl groups is 1. The number of unbranched alkanes of at least 4 members (excludes halogenated alkanes) is 4. The van der Waals surface area contributed by atoms with Crippen molar-refractivity contribution in [2.45, 2.75) is 64.9 Å². The number of aliphatic hydroxyl groups excluding tert-OH is 1. The molecule has 0 fully saturated rings. The van der Waals surface area contributed by atoms with E-state index in [0.29, 0.717) is 12.1 Å². The zero-order valence-corrected chi connectivity index (χ0v) is 25.8. The summed E-state index contributed by atoms with van der Waals surface area (Å²) in [4.78, 5) is 14.2. The summed E-state index contributed by atoms with van der Waals surface area (Å²) in [6, 6.07) is 12.5. The molecule has 40 heavy (non-hydrogen) atoms. The Morgan fingerprint density at radius 2 is 1.60 bits per heavy atom. The molecule has 10 heteroatoms. The zero-order valence-electron chi connectivity index (χ0n) is 24.2. The summed E-state index contributed by atoms with van der Waals surface area (Å²) in [5.74, 6) is 2.28. The van der Waals surface area contributed by atoms with Crippen LogP contribution in [0.15, 0.2) is 42.5 Å². The van der Waals surface area contributed by atoms with E-state index in [9.17, 15) is 23.4 Å². The lowest BCUT2D eigenvalue weighted by molar-refractivity contribution is 0.0773. The van der Waals surface area contributed by atoms with Crippen molar-refractivity contribution in [2.24, 2.45) is 0 Å². The average molecular weight is 594 g/mol. The quantitative estimate of drug-likeness (QED) is 0.123. The van der Waals surface area contributed by atoms with Crippen LogP contribution < -0.4 is 10.0 Å². The van der Waals surface area contributed by atoms with Gasteiger partial charge in [-0.1, -0.05) is 31.0 Å². The third-order valence-electron chi connectivity index (χ3n) is 6.69. The molecule has 1 amide bonds. The minimum Gasteiger partial charge on any atom is -0.506 e. The van der Waals surface area contributed by atoms with Crippen LogP contribution >= 0.6 is 11.8 Å². The molecule has 224 valence electrons. The number of hydrogen-bond donors (Lipinski definition) is 4. The number of rotatable bonds is 20. The van der Waals surface area contributed by atoms with Crippen LogP contribution in [0, 0.1) is 0 Å². The summed E-state index contributed by atoms with van der Waals surface area (Å²) in [5.41, 5.74) is 2.66. The highest BCUT2D eigenvalue weighted by molar-refractivity contribution is 7.99. The van der Waals surface area contributed by atoms with Crippen molar-refractivity contribution in [2.75, 3.05) is 48.7 Å². The minimum absolute atomic E-state index is 0.0619. The first-order valence-corrected chi connectivity index (χ1v) is 17.3. The Labute approximate surface area is 245 Å². The molecule has 4 N–H and O–H groups in total. The summed E-state index contributed by atoms with van der Waals surface area (Å²) in [6.45, 7) is 6.64. The first kappa shape index (κ1) is 33.9. The number of hydrogen-bond acceptors (Lipinski definition) is 7. The second-order valence-corrected chi connectivity index (χ2v) is 13.0. The van der Waals surface area contributed by atoms with Crippen molar-refractivity contribution >= 4 is 33.4 Å². The number of phenols is 1. The number of aromatic hydroxyl groups is 1. The number of amides is 1. The summed E-state index contributed by atoms with van der Waals surface area (Å²) in [6.07, 6.45) is 8.19. The van der Waals surface area contributed by atoms with Gasteiger partial charge in [-0.15, -0.1) is 0 Å². The Balaban J connectivity index is 1.47. The third kappa shape index (κ3) is 12.9. The fraction of sp³-hybridized carbons (Fsp3) is 0.567. The highest BCUT2D eigenvalue weighted by Gasteiger charge is 2.13. The fourth-order valence-electron chi connectivity index (χ4n) is 4.35. The van der Waals surface area contributed by atoms with E-state index in [-0.39, 0.29) is 17.3 Å². The molecule has 8 nitrogen and oxygen atoms in total. The Morgan fingerprint density at radius 1 is 0.950 bits per heavy atom. The summed E-state index contributed by atoms with van der Waals surface area (Å²) >= 11 is 2.02.